The highest BCUT2D eigenvalue weighted by Crippen LogP contribution is 2.48. The fraction of sp³-hybridized carbons (Fsp3) is 1.00. The predicted molar refractivity (Wildman–Crippen MR) is 95.6 cm³/mol. The summed E-state index contributed by atoms with van der Waals surface area (Å²) in [6, 6.07) is 0. The lowest BCUT2D eigenvalue weighted by Crippen LogP contribution is -2.41. The van der Waals surface area contributed by atoms with Crippen molar-refractivity contribution in [2.45, 2.75) is 87.0 Å². The second-order valence-electron chi connectivity index (χ2n) is 9.38. The minimum Gasteiger partial charge on any atom is -0.316 e. The third-order valence-electron chi connectivity index (χ3n) is 5.80. The lowest BCUT2D eigenvalue weighted by molar-refractivity contribution is 0.0672. The Kier molecular flexibility index (Phi) is 7.24. The Hall–Kier alpha value is -0.0400. The highest BCUT2D eigenvalue weighted by Gasteiger charge is 2.38. The molecule has 1 aliphatic carbocycles. The molecule has 1 saturated carbocycles. The Labute approximate surface area is 134 Å². The van der Waals surface area contributed by atoms with Crippen molar-refractivity contribution >= 4 is 0 Å². The number of rotatable bonds is 7. The number of hydrogen-bond donors (Lipinski definition) is 1. The van der Waals surface area contributed by atoms with Crippen LogP contribution in [0.4, 0.5) is 0 Å². The Balaban J connectivity index is 2.62. The molecule has 1 fully saturated rings. The van der Waals surface area contributed by atoms with Crippen molar-refractivity contribution < 1.29 is 0 Å². The molecule has 0 saturated heterocycles. The Morgan fingerprint density at radius 1 is 1.10 bits per heavy atom. The Morgan fingerprint density at radius 2 is 1.67 bits per heavy atom. The number of nitrogens with one attached hydrogen (secondary N) is 1. The zero-order chi connectivity index (χ0) is 16.1. The van der Waals surface area contributed by atoms with Gasteiger partial charge in [-0.05, 0) is 67.2 Å². The average Bonchev–Trinajstić information content (AvgIpc) is 2.37. The maximum absolute atomic E-state index is 3.78. The minimum atomic E-state index is 0.494. The first-order chi connectivity index (χ1) is 9.68. The summed E-state index contributed by atoms with van der Waals surface area (Å²) < 4.78 is 0. The molecule has 1 N–H and O–H groups in total. The van der Waals surface area contributed by atoms with E-state index in [0.717, 1.165) is 17.8 Å². The first kappa shape index (κ1) is 19.0. The molecule has 0 spiro atoms. The summed E-state index contributed by atoms with van der Waals surface area (Å²) in [4.78, 5) is 0. The molecule has 1 unspecified atom stereocenters. The van der Waals surface area contributed by atoms with Gasteiger partial charge in [0.25, 0.3) is 0 Å². The van der Waals surface area contributed by atoms with Crippen LogP contribution in [0.2, 0.25) is 0 Å². The van der Waals surface area contributed by atoms with Gasteiger partial charge < -0.3 is 5.32 Å². The van der Waals surface area contributed by atoms with Crippen LogP contribution in [0.5, 0.6) is 0 Å². The van der Waals surface area contributed by atoms with Gasteiger partial charge in [-0.25, -0.2) is 0 Å². The van der Waals surface area contributed by atoms with Gasteiger partial charge in [-0.3, -0.25) is 0 Å². The van der Waals surface area contributed by atoms with Crippen molar-refractivity contribution in [1.82, 2.24) is 5.32 Å². The third kappa shape index (κ3) is 6.30. The van der Waals surface area contributed by atoms with E-state index in [9.17, 15) is 0 Å². The van der Waals surface area contributed by atoms with E-state index < -0.39 is 0 Å². The van der Waals surface area contributed by atoms with Crippen LogP contribution in [0.15, 0.2) is 0 Å². The van der Waals surface area contributed by atoms with Crippen LogP contribution in [0.1, 0.15) is 87.0 Å². The standard InChI is InChI=1S/C20H41N/c1-8-17(4)13-20(15-21-14-16(2)3)11-9-18(10-12-20)19(5,6)7/h16-18,21H,8-15H2,1-7H3. The predicted octanol–water partition coefficient (Wildman–Crippen LogP) is 5.89. The summed E-state index contributed by atoms with van der Waals surface area (Å²) in [5.41, 5.74) is 1.07. The van der Waals surface area contributed by atoms with E-state index in [0.29, 0.717) is 10.8 Å². The van der Waals surface area contributed by atoms with E-state index in [4.69, 9.17) is 0 Å². The van der Waals surface area contributed by atoms with E-state index in [1.54, 1.807) is 0 Å². The highest BCUT2D eigenvalue weighted by atomic mass is 14.9. The van der Waals surface area contributed by atoms with Gasteiger partial charge in [0.2, 0.25) is 0 Å². The first-order valence-corrected chi connectivity index (χ1v) is 9.39. The lowest BCUT2D eigenvalue weighted by Gasteiger charge is -2.45. The maximum atomic E-state index is 3.78. The van der Waals surface area contributed by atoms with E-state index in [-0.39, 0.29) is 0 Å². The Morgan fingerprint density at radius 3 is 2.10 bits per heavy atom. The van der Waals surface area contributed by atoms with E-state index >= 15 is 0 Å². The quantitative estimate of drug-likeness (QED) is 0.617. The van der Waals surface area contributed by atoms with Gasteiger partial charge in [-0.15, -0.1) is 0 Å². The second-order valence-corrected chi connectivity index (χ2v) is 9.38. The van der Waals surface area contributed by atoms with Crippen LogP contribution in [-0.2, 0) is 0 Å². The van der Waals surface area contributed by atoms with Gasteiger partial charge in [-0.2, -0.15) is 0 Å². The third-order valence-corrected chi connectivity index (χ3v) is 5.80. The molecule has 1 nitrogen and oxygen atoms in total. The zero-order valence-corrected chi connectivity index (χ0v) is 15.9. The summed E-state index contributed by atoms with van der Waals surface area (Å²) in [5.74, 6) is 2.56. The van der Waals surface area contributed by atoms with Gasteiger partial charge >= 0.3 is 0 Å². The Bertz CT molecular complexity index is 279. The molecule has 0 bridgehead atoms. The number of hydrogen-bond acceptors (Lipinski definition) is 1. The molecule has 1 rings (SSSR count). The molecule has 1 atom stereocenters. The molecule has 1 aliphatic rings. The molecule has 0 amide bonds. The van der Waals surface area contributed by atoms with Gasteiger partial charge in [0.1, 0.15) is 0 Å². The molecule has 0 aromatic carbocycles. The SMILES string of the molecule is CCC(C)CC1(CNCC(C)C)CCC(C(C)(C)C)CC1. The van der Waals surface area contributed by atoms with Crippen molar-refractivity contribution in [3.8, 4) is 0 Å². The molecule has 21 heavy (non-hydrogen) atoms. The van der Waals surface area contributed by atoms with E-state index in [2.05, 4.69) is 53.8 Å². The molecule has 126 valence electrons. The van der Waals surface area contributed by atoms with Crippen molar-refractivity contribution in [3.05, 3.63) is 0 Å². The van der Waals surface area contributed by atoms with Crippen molar-refractivity contribution in [1.29, 1.82) is 0 Å². The van der Waals surface area contributed by atoms with Gasteiger partial charge in [-0.1, -0.05) is 54.9 Å². The fourth-order valence-electron chi connectivity index (χ4n) is 4.06. The van der Waals surface area contributed by atoms with Crippen LogP contribution in [-0.4, -0.2) is 13.1 Å². The van der Waals surface area contributed by atoms with Crippen molar-refractivity contribution in [2.75, 3.05) is 13.1 Å². The monoisotopic (exact) mass is 295 g/mol. The molecular formula is C20H41N. The van der Waals surface area contributed by atoms with Crippen LogP contribution in [0, 0.1) is 28.6 Å². The smallest absolute Gasteiger partial charge is 0.000802 e. The summed E-state index contributed by atoms with van der Waals surface area (Å²) in [6.07, 6.45) is 8.49. The summed E-state index contributed by atoms with van der Waals surface area (Å²) in [6.45, 7) is 19.1. The topological polar surface area (TPSA) is 12.0 Å². The first-order valence-electron chi connectivity index (χ1n) is 9.39. The highest BCUT2D eigenvalue weighted by molar-refractivity contribution is 4.91. The van der Waals surface area contributed by atoms with Gasteiger partial charge in [0, 0.05) is 6.54 Å². The summed E-state index contributed by atoms with van der Waals surface area (Å²) in [7, 11) is 0. The summed E-state index contributed by atoms with van der Waals surface area (Å²) >= 11 is 0. The van der Waals surface area contributed by atoms with E-state index in [1.165, 1.54) is 51.6 Å². The van der Waals surface area contributed by atoms with Gasteiger partial charge in [0.05, 0.1) is 0 Å². The molecule has 0 aromatic rings. The maximum Gasteiger partial charge on any atom is 0.000802 e. The molecule has 0 heterocycles. The van der Waals surface area contributed by atoms with Crippen molar-refractivity contribution in [2.24, 2.45) is 28.6 Å². The molecular weight excluding hydrogens is 254 g/mol. The fourth-order valence-corrected chi connectivity index (χ4v) is 4.06. The largest absolute Gasteiger partial charge is 0.316 e. The van der Waals surface area contributed by atoms with Crippen LogP contribution in [0.25, 0.3) is 0 Å². The van der Waals surface area contributed by atoms with Crippen LogP contribution >= 0.6 is 0 Å². The minimum absolute atomic E-state index is 0.494. The lowest BCUT2D eigenvalue weighted by atomic mass is 9.61. The molecule has 0 radical (unpaired) electrons. The molecule has 0 aromatic heterocycles. The van der Waals surface area contributed by atoms with Crippen LogP contribution < -0.4 is 5.32 Å². The molecule has 1 heteroatoms. The van der Waals surface area contributed by atoms with Crippen LogP contribution in [0.3, 0.4) is 0 Å². The van der Waals surface area contributed by atoms with Gasteiger partial charge in [0.15, 0.2) is 0 Å². The zero-order valence-electron chi connectivity index (χ0n) is 15.9. The molecule has 0 aliphatic heterocycles. The normalized spacial score (nSPS) is 28.9. The van der Waals surface area contributed by atoms with Crippen molar-refractivity contribution in [3.63, 3.8) is 0 Å². The average molecular weight is 296 g/mol. The summed E-state index contributed by atoms with van der Waals surface area (Å²) in [5, 5.41) is 3.78. The second kappa shape index (κ2) is 7.99. The van der Waals surface area contributed by atoms with E-state index in [1.807, 2.05) is 0 Å².